The van der Waals surface area contributed by atoms with Crippen molar-refractivity contribution in [3.05, 3.63) is 34.7 Å². The molecule has 6 nitrogen and oxygen atoms in total. The van der Waals surface area contributed by atoms with E-state index in [2.05, 4.69) is 17.2 Å². The topological polar surface area (TPSA) is 70.1 Å². The van der Waals surface area contributed by atoms with Gasteiger partial charge in [-0.3, -0.25) is 9.36 Å². The molecule has 1 amide bonds. The number of hydrogen-bond acceptors (Lipinski definition) is 3. The second-order valence-corrected chi connectivity index (χ2v) is 5.60. The molecule has 0 spiro atoms. The number of H-pyrrole nitrogens is 1. The van der Waals surface area contributed by atoms with E-state index in [0.717, 1.165) is 17.6 Å². The first-order valence-corrected chi connectivity index (χ1v) is 7.28. The molecule has 0 saturated carbocycles. The van der Waals surface area contributed by atoms with Gasteiger partial charge in [0, 0.05) is 25.2 Å². The second-order valence-electron chi connectivity index (χ2n) is 5.60. The highest BCUT2D eigenvalue weighted by Crippen LogP contribution is 2.12. The maximum atomic E-state index is 12.5. The third kappa shape index (κ3) is 2.47. The fourth-order valence-corrected chi connectivity index (χ4v) is 2.90. The largest absolute Gasteiger partial charge is 0.336 e. The quantitative estimate of drug-likeness (QED) is 0.847. The summed E-state index contributed by atoms with van der Waals surface area (Å²) in [6.45, 7) is 5.66. The van der Waals surface area contributed by atoms with Gasteiger partial charge < -0.3 is 15.2 Å². The Labute approximate surface area is 122 Å². The van der Waals surface area contributed by atoms with Crippen LogP contribution in [-0.2, 0) is 11.3 Å². The second kappa shape index (κ2) is 5.37. The zero-order valence-electron chi connectivity index (χ0n) is 12.3. The van der Waals surface area contributed by atoms with Gasteiger partial charge in [0.1, 0.15) is 6.54 Å². The van der Waals surface area contributed by atoms with Crippen LogP contribution in [0.3, 0.4) is 0 Å². The number of nitrogens with zero attached hydrogens (tertiary/aromatic N) is 2. The Kier molecular flexibility index (Phi) is 3.55. The van der Waals surface area contributed by atoms with E-state index in [-0.39, 0.29) is 30.2 Å². The summed E-state index contributed by atoms with van der Waals surface area (Å²) in [6.07, 6.45) is 0. The number of fused-ring (bicyclic) bond motifs is 1. The van der Waals surface area contributed by atoms with E-state index >= 15 is 0 Å². The highest BCUT2D eigenvalue weighted by atomic mass is 16.2. The van der Waals surface area contributed by atoms with E-state index < -0.39 is 0 Å². The molecule has 1 aliphatic heterocycles. The molecule has 1 fully saturated rings. The van der Waals surface area contributed by atoms with Gasteiger partial charge in [-0.25, -0.2) is 4.79 Å². The van der Waals surface area contributed by atoms with Crippen molar-refractivity contribution in [1.82, 2.24) is 19.8 Å². The lowest BCUT2D eigenvalue weighted by molar-refractivity contribution is -0.135. The monoisotopic (exact) mass is 288 g/mol. The molecule has 2 N–H and O–H groups in total. The van der Waals surface area contributed by atoms with E-state index in [9.17, 15) is 9.59 Å². The molecule has 0 bridgehead atoms. The van der Waals surface area contributed by atoms with Gasteiger partial charge in [-0.05, 0) is 26.0 Å². The normalized spacial score (nSPS) is 22.7. The van der Waals surface area contributed by atoms with Crippen molar-refractivity contribution in [2.24, 2.45) is 0 Å². The molecule has 3 rings (SSSR count). The molecule has 112 valence electrons. The van der Waals surface area contributed by atoms with Crippen molar-refractivity contribution < 1.29 is 4.79 Å². The summed E-state index contributed by atoms with van der Waals surface area (Å²) < 4.78 is 1.51. The number of imidazole rings is 1. The number of amides is 1. The van der Waals surface area contributed by atoms with Gasteiger partial charge in [-0.15, -0.1) is 0 Å². The SMILES string of the molecule is CC1NCCN(C(=O)Cn2c(=O)[nH]c3ccccc32)C1C. The number of carbonyl (C=O) groups excluding carboxylic acids is 1. The summed E-state index contributed by atoms with van der Waals surface area (Å²) in [5.41, 5.74) is 1.30. The summed E-state index contributed by atoms with van der Waals surface area (Å²) in [7, 11) is 0. The van der Waals surface area contributed by atoms with E-state index in [0.29, 0.717) is 6.54 Å². The summed E-state index contributed by atoms with van der Waals surface area (Å²) in [4.78, 5) is 29.2. The van der Waals surface area contributed by atoms with Crippen LogP contribution in [0.2, 0.25) is 0 Å². The number of nitrogens with one attached hydrogen (secondary N) is 2. The lowest BCUT2D eigenvalue weighted by Gasteiger charge is -2.38. The van der Waals surface area contributed by atoms with Gasteiger partial charge in [0.15, 0.2) is 0 Å². The van der Waals surface area contributed by atoms with Crippen molar-refractivity contribution in [2.75, 3.05) is 13.1 Å². The molecular weight excluding hydrogens is 268 g/mol. The van der Waals surface area contributed by atoms with Crippen LogP contribution in [0.4, 0.5) is 0 Å². The van der Waals surface area contributed by atoms with Gasteiger partial charge in [0.2, 0.25) is 5.91 Å². The molecule has 0 aliphatic carbocycles. The summed E-state index contributed by atoms with van der Waals surface area (Å²) in [5.74, 6) is -0.0114. The summed E-state index contributed by atoms with van der Waals surface area (Å²) in [6, 6.07) is 7.82. The highest BCUT2D eigenvalue weighted by Gasteiger charge is 2.28. The fourth-order valence-electron chi connectivity index (χ4n) is 2.90. The van der Waals surface area contributed by atoms with Crippen molar-refractivity contribution in [1.29, 1.82) is 0 Å². The Hall–Kier alpha value is -2.08. The molecule has 1 aromatic carbocycles. The van der Waals surface area contributed by atoms with E-state index in [4.69, 9.17) is 0 Å². The van der Waals surface area contributed by atoms with Crippen molar-refractivity contribution in [2.45, 2.75) is 32.5 Å². The van der Waals surface area contributed by atoms with Gasteiger partial charge in [-0.2, -0.15) is 0 Å². The first kappa shape index (κ1) is 13.9. The third-order valence-corrected chi connectivity index (χ3v) is 4.33. The number of para-hydroxylation sites is 2. The van der Waals surface area contributed by atoms with Crippen LogP contribution in [0.1, 0.15) is 13.8 Å². The zero-order chi connectivity index (χ0) is 15.0. The molecule has 21 heavy (non-hydrogen) atoms. The molecule has 2 atom stereocenters. The lowest BCUT2D eigenvalue weighted by atomic mass is 10.1. The average Bonchev–Trinajstić information content (AvgIpc) is 2.78. The molecule has 1 aliphatic rings. The van der Waals surface area contributed by atoms with Crippen LogP contribution in [0, 0.1) is 0 Å². The Bertz CT molecular complexity index is 718. The maximum Gasteiger partial charge on any atom is 0.326 e. The zero-order valence-corrected chi connectivity index (χ0v) is 12.3. The van der Waals surface area contributed by atoms with E-state index in [1.165, 1.54) is 4.57 Å². The lowest BCUT2D eigenvalue weighted by Crippen LogP contribution is -2.57. The highest BCUT2D eigenvalue weighted by molar-refractivity contribution is 5.80. The van der Waals surface area contributed by atoms with Crippen LogP contribution in [0.5, 0.6) is 0 Å². The first-order valence-electron chi connectivity index (χ1n) is 7.28. The Morgan fingerprint density at radius 1 is 1.33 bits per heavy atom. The number of aromatic nitrogens is 2. The van der Waals surface area contributed by atoms with Gasteiger partial charge >= 0.3 is 5.69 Å². The van der Waals surface area contributed by atoms with E-state index in [1.807, 2.05) is 36.1 Å². The van der Waals surface area contributed by atoms with Crippen LogP contribution in [0.15, 0.2) is 29.1 Å². The minimum Gasteiger partial charge on any atom is -0.336 e. The number of rotatable bonds is 2. The minimum atomic E-state index is -0.236. The number of aromatic amines is 1. The van der Waals surface area contributed by atoms with Crippen molar-refractivity contribution in [3.63, 3.8) is 0 Å². The molecule has 2 aromatic rings. The Morgan fingerprint density at radius 3 is 2.90 bits per heavy atom. The summed E-state index contributed by atoms with van der Waals surface area (Å²) >= 11 is 0. The average molecular weight is 288 g/mol. The molecule has 1 saturated heterocycles. The van der Waals surface area contributed by atoms with Crippen molar-refractivity contribution in [3.8, 4) is 0 Å². The first-order chi connectivity index (χ1) is 10.1. The van der Waals surface area contributed by atoms with Gasteiger partial charge in [0.25, 0.3) is 0 Å². The third-order valence-electron chi connectivity index (χ3n) is 4.33. The maximum absolute atomic E-state index is 12.5. The van der Waals surface area contributed by atoms with Gasteiger partial charge in [0.05, 0.1) is 11.0 Å². The van der Waals surface area contributed by atoms with Crippen LogP contribution in [0.25, 0.3) is 11.0 Å². The Morgan fingerprint density at radius 2 is 2.10 bits per heavy atom. The number of piperazine rings is 1. The molecule has 2 unspecified atom stereocenters. The van der Waals surface area contributed by atoms with E-state index in [1.54, 1.807) is 0 Å². The smallest absolute Gasteiger partial charge is 0.326 e. The fraction of sp³-hybridized carbons (Fsp3) is 0.467. The van der Waals surface area contributed by atoms with Crippen LogP contribution < -0.4 is 11.0 Å². The van der Waals surface area contributed by atoms with Crippen LogP contribution in [-0.4, -0.2) is 45.5 Å². The van der Waals surface area contributed by atoms with Gasteiger partial charge in [-0.1, -0.05) is 12.1 Å². The molecule has 2 heterocycles. The standard InChI is InChI=1S/C15H20N4O2/c1-10-11(2)18(8-7-16-10)14(20)9-19-13-6-4-3-5-12(13)17-15(19)21/h3-6,10-11,16H,7-9H2,1-2H3,(H,17,21). The number of hydrogen-bond donors (Lipinski definition) is 2. The Balaban J connectivity index is 1.86. The van der Waals surface area contributed by atoms with Crippen molar-refractivity contribution >= 4 is 16.9 Å². The number of benzene rings is 1. The predicted octanol–water partition coefficient (Wildman–Crippen LogP) is 0.538. The molecular formula is C15H20N4O2. The molecule has 6 heteroatoms. The molecule has 0 radical (unpaired) electrons. The minimum absolute atomic E-state index is 0.0114. The van der Waals surface area contributed by atoms with Crippen LogP contribution >= 0.6 is 0 Å². The predicted molar refractivity (Wildman–Crippen MR) is 81.2 cm³/mol. The molecule has 1 aromatic heterocycles. The number of carbonyl (C=O) groups is 1. The summed E-state index contributed by atoms with van der Waals surface area (Å²) in [5, 5.41) is 3.35.